The molecule has 0 saturated heterocycles. The van der Waals surface area contributed by atoms with Crippen LogP contribution < -0.4 is 5.32 Å². The van der Waals surface area contributed by atoms with Crippen LogP contribution in [0.1, 0.15) is 22.9 Å². The number of hydrogen-bond acceptors (Lipinski definition) is 3. The van der Waals surface area contributed by atoms with Crippen molar-refractivity contribution in [1.82, 2.24) is 10.3 Å². The Labute approximate surface area is 167 Å². The maximum absolute atomic E-state index is 5.69. The Morgan fingerprint density at radius 1 is 0.815 bits per heavy atom. The van der Waals surface area contributed by atoms with Crippen molar-refractivity contribution in [3.05, 3.63) is 112 Å². The van der Waals surface area contributed by atoms with Gasteiger partial charge in [-0.25, -0.2) is 4.98 Å². The lowest BCUT2D eigenvalue weighted by Gasteiger charge is -2.19. The van der Waals surface area contributed by atoms with Gasteiger partial charge in [-0.15, -0.1) is 0 Å². The molecule has 0 unspecified atom stereocenters. The SMILES string of the molecule is Brc1ccccc1-c1nc(CNC(c2ccccc2)c2ccccc2)co1. The molecule has 0 radical (unpaired) electrons. The minimum Gasteiger partial charge on any atom is -0.444 e. The molecule has 134 valence electrons. The second-order valence-electron chi connectivity index (χ2n) is 6.26. The van der Waals surface area contributed by atoms with E-state index in [1.807, 2.05) is 36.4 Å². The molecule has 0 aliphatic heterocycles. The first-order valence-corrected chi connectivity index (χ1v) is 9.63. The van der Waals surface area contributed by atoms with Crippen LogP contribution in [0, 0.1) is 0 Å². The van der Waals surface area contributed by atoms with Crippen molar-refractivity contribution < 1.29 is 4.42 Å². The number of rotatable bonds is 6. The van der Waals surface area contributed by atoms with E-state index < -0.39 is 0 Å². The van der Waals surface area contributed by atoms with Crippen molar-refractivity contribution in [3.63, 3.8) is 0 Å². The third kappa shape index (κ3) is 4.18. The zero-order valence-electron chi connectivity index (χ0n) is 14.7. The van der Waals surface area contributed by atoms with Crippen LogP contribution in [0.15, 0.2) is 100 Å². The van der Waals surface area contributed by atoms with Gasteiger partial charge in [-0.2, -0.15) is 0 Å². The predicted octanol–water partition coefficient (Wildman–Crippen LogP) is 5.98. The summed E-state index contributed by atoms with van der Waals surface area (Å²) in [6, 6.07) is 28.9. The van der Waals surface area contributed by atoms with E-state index in [0.29, 0.717) is 12.4 Å². The highest BCUT2D eigenvalue weighted by atomic mass is 79.9. The van der Waals surface area contributed by atoms with Crippen LogP contribution in [-0.2, 0) is 6.54 Å². The third-order valence-corrected chi connectivity index (χ3v) is 5.10. The zero-order valence-corrected chi connectivity index (χ0v) is 16.3. The number of nitrogens with zero attached hydrogens (tertiary/aromatic N) is 1. The average Bonchev–Trinajstić information content (AvgIpc) is 3.19. The Morgan fingerprint density at radius 3 is 2.04 bits per heavy atom. The second kappa shape index (κ2) is 8.33. The van der Waals surface area contributed by atoms with Crippen LogP contribution >= 0.6 is 15.9 Å². The van der Waals surface area contributed by atoms with Crippen LogP contribution in [0.5, 0.6) is 0 Å². The summed E-state index contributed by atoms with van der Waals surface area (Å²) >= 11 is 3.55. The molecule has 1 N–H and O–H groups in total. The van der Waals surface area contributed by atoms with Crippen LogP contribution in [0.25, 0.3) is 11.5 Å². The van der Waals surface area contributed by atoms with E-state index >= 15 is 0 Å². The van der Waals surface area contributed by atoms with Crippen molar-refractivity contribution in [3.8, 4) is 11.5 Å². The van der Waals surface area contributed by atoms with E-state index in [1.165, 1.54) is 11.1 Å². The molecule has 0 bridgehead atoms. The predicted molar refractivity (Wildman–Crippen MR) is 111 cm³/mol. The van der Waals surface area contributed by atoms with Gasteiger partial charge in [0.15, 0.2) is 0 Å². The van der Waals surface area contributed by atoms with Gasteiger partial charge in [0.05, 0.1) is 17.3 Å². The zero-order chi connectivity index (χ0) is 18.5. The molecule has 0 amide bonds. The van der Waals surface area contributed by atoms with E-state index in [0.717, 1.165) is 15.7 Å². The summed E-state index contributed by atoms with van der Waals surface area (Å²) in [4.78, 5) is 4.64. The average molecular weight is 419 g/mol. The van der Waals surface area contributed by atoms with Crippen LogP contribution in [-0.4, -0.2) is 4.98 Å². The van der Waals surface area contributed by atoms with Gasteiger partial charge >= 0.3 is 0 Å². The molecule has 0 aliphatic rings. The summed E-state index contributed by atoms with van der Waals surface area (Å²) in [5.41, 5.74) is 4.26. The molecule has 1 heterocycles. The summed E-state index contributed by atoms with van der Waals surface area (Å²) in [7, 11) is 0. The first-order chi connectivity index (χ1) is 13.3. The number of hydrogen-bond donors (Lipinski definition) is 1. The third-order valence-electron chi connectivity index (χ3n) is 4.41. The molecule has 27 heavy (non-hydrogen) atoms. The first-order valence-electron chi connectivity index (χ1n) is 8.84. The Kier molecular flexibility index (Phi) is 5.47. The number of benzene rings is 3. The van der Waals surface area contributed by atoms with Crippen molar-refractivity contribution >= 4 is 15.9 Å². The van der Waals surface area contributed by atoms with Gasteiger partial charge in [-0.05, 0) is 39.2 Å². The highest BCUT2D eigenvalue weighted by molar-refractivity contribution is 9.10. The molecule has 0 fully saturated rings. The Hall–Kier alpha value is -2.69. The van der Waals surface area contributed by atoms with Gasteiger partial charge in [0, 0.05) is 11.0 Å². The first kappa shape index (κ1) is 17.7. The lowest BCUT2D eigenvalue weighted by molar-refractivity contribution is 0.563. The minimum absolute atomic E-state index is 0.0935. The molecule has 0 spiro atoms. The minimum atomic E-state index is 0.0935. The van der Waals surface area contributed by atoms with E-state index in [4.69, 9.17) is 4.42 Å². The van der Waals surface area contributed by atoms with Crippen molar-refractivity contribution in [1.29, 1.82) is 0 Å². The summed E-state index contributed by atoms with van der Waals surface area (Å²) in [5, 5.41) is 3.61. The normalized spacial score (nSPS) is 11.0. The maximum atomic E-state index is 5.69. The number of nitrogens with one attached hydrogen (secondary N) is 1. The highest BCUT2D eigenvalue weighted by Crippen LogP contribution is 2.27. The van der Waals surface area contributed by atoms with Crippen LogP contribution in [0.4, 0.5) is 0 Å². The van der Waals surface area contributed by atoms with Gasteiger partial charge < -0.3 is 9.73 Å². The smallest absolute Gasteiger partial charge is 0.227 e. The number of halogens is 1. The molecule has 3 nitrogen and oxygen atoms in total. The largest absolute Gasteiger partial charge is 0.444 e. The van der Waals surface area contributed by atoms with E-state index in [-0.39, 0.29) is 6.04 Å². The van der Waals surface area contributed by atoms with Gasteiger partial charge in [0.25, 0.3) is 0 Å². The monoisotopic (exact) mass is 418 g/mol. The molecule has 4 rings (SSSR count). The van der Waals surface area contributed by atoms with E-state index in [2.05, 4.69) is 74.8 Å². The molecule has 0 atom stereocenters. The van der Waals surface area contributed by atoms with Crippen molar-refractivity contribution in [2.75, 3.05) is 0 Å². The summed E-state index contributed by atoms with van der Waals surface area (Å²) in [6.07, 6.45) is 1.72. The Morgan fingerprint density at radius 2 is 1.41 bits per heavy atom. The van der Waals surface area contributed by atoms with Crippen molar-refractivity contribution in [2.45, 2.75) is 12.6 Å². The lowest BCUT2D eigenvalue weighted by atomic mass is 9.99. The van der Waals surface area contributed by atoms with E-state index in [9.17, 15) is 0 Å². The lowest BCUT2D eigenvalue weighted by Crippen LogP contribution is -2.22. The standard InChI is InChI=1S/C23H19BrN2O/c24-21-14-8-7-13-20(21)23-26-19(16-27-23)15-25-22(17-9-3-1-4-10-17)18-11-5-2-6-12-18/h1-14,16,22,25H,15H2. The maximum Gasteiger partial charge on any atom is 0.227 e. The summed E-state index contributed by atoms with van der Waals surface area (Å²) in [6.45, 7) is 0.613. The molecule has 4 aromatic rings. The summed E-state index contributed by atoms with van der Waals surface area (Å²) < 4.78 is 6.66. The summed E-state index contributed by atoms with van der Waals surface area (Å²) in [5.74, 6) is 0.621. The second-order valence-corrected chi connectivity index (χ2v) is 7.11. The number of aromatic nitrogens is 1. The molecular formula is C23H19BrN2O. The van der Waals surface area contributed by atoms with Gasteiger partial charge in [0.1, 0.15) is 6.26 Å². The van der Waals surface area contributed by atoms with E-state index in [1.54, 1.807) is 6.26 Å². The van der Waals surface area contributed by atoms with Gasteiger partial charge in [-0.1, -0.05) is 72.8 Å². The molecule has 0 aliphatic carbocycles. The quantitative estimate of drug-likeness (QED) is 0.418. The fraction of sp³-hybridized carbons (Fsp3) is 0.0870. The highest BCUT2D eigenvalue weighted by Gasteiger charge is 2.15. The Balaban J connectivity index is 1.55. The molecule has 0 saturated carbocycles. The molecule has 1 aromatic heterocycles. The number of oxazole rings is 1. The molecular weight excluding hydrogens is 400 g/mol. The van der Waals surface area contributed by atoms with Crippen LogP contribution in [0.2, 0.25) is 0 Å². The molecule has 3 aromatic carbocycles. The fourth-order valence-electron chi connectivity index (χ4n) is 3.07. The van der Waals surface area contributed by atoms with Crippen LogP contribution in [0.3, 0.4) is 0 Å². The fourth-order valence-corrected chi connectivity index (χ4v) is 3.53. The Bertz CT molecular complexity index is 960. The van der Waals surface area contributed by atoms with Crippen molar-refractivity contribution in [2.24, 2.45) is 0 Å². The molecule has 4 heteroatoms. The van der Waals surface area contributed by atoms with Gasteiger partial charge in [-0.3, -0.25) is 0 Å². The topological polar surface area (TPSA) is 38.1 Å². The van der Waals surface area contributed by atoms with Gasteiger partial charge in [0.2, 0.25) is 5.89 Å².